The number of hydrogen-bond acceptors (Lipinski definition) is 5. The number of likely N-dealkylation sites (N-methyl/N-ethyl adjacent to an activating group) is 1. The van der Waals surface area contributed by atoms with E-state index in [0.29, 0.717) is 31.1 Å². The van der Waals surface area contributed by atoms with Gasteiger partial charge in [0.25, 0.3) is 5.91 Å². The zero-order chi connectivity index (χ0) is 20.4. The van der Waals surface area contributed by atoms with Crippen LogP contribution in [0.5, 0.6) is 5.75 Å². The van der Waals surface area contributed by atoms with Crippen LogP contribution in [0.25, 0.3) is 0 Å². The molecule has 0 aromatic heterocycles. The smallest absolute Gasteiger partial charge is 0.259 e. The highest BCUT2D eigenvalue weighted by Gasteiger charge is 2.57. The minimum absolute atomic E-state index is 0.0967. The fourth-order valence-corrected chi connectivity index (χ4v) is 3.91. The van der Waals surface area contributed by atoms with E-state index in [4.69, 9.17) is 19.6 Å². The molecule has 0 radical (unpaired) electrons. The number of carbonyl (C=O) groups excluding carboxylic acids is 1. The summed E-state index contributed by atoms with van der Waals surface area (Å²) in [5.74, 6) is 1.05. The second-order valence-electron chi connectivity index (χ2n) is 7.20. The number of hydrogen-bond donors (Lipinski definition) is 1. The minimum atomic E-state index is -1.05. The Morgan fingerprint density at radius 1 is 1.28 bits per heavy atom. The third kappa shape index (κ3) is 3.19. The molecule has 1 amide bonds. The number of benzene rings is 2. The maximum Gasteiger partial charge on any atom is 0.259 e. The number of ether oxygens (including phenoxy) is 2. The normalized spacial score (nSPS) is 22.4. The average molecular weight is 392 g/mol. The van der Waals surface area contributed by atoms with E-state index in [-0.39, 0.29) is 12.5 Å². The molecule has 0 spiro atoms. The van der Waals surface area contributed by atoms with Crippen LogP contribution in [0.2, 0.25) is 0 Å². The van der Waals surface area contributed by atoms with Gasteiger partial charge in [0.1, 0.15) is 5.75 Å². The van der Waals surface area contributed by atoms with Gasteiger partial charge >= 0.3 is 0 Å². The largest absolute Gasteiger partial charge is 0.494 e. The number of para-hydroxylation sites is 1. The molecule has 2 atom stereocenters. The molecule has 2 heterocycles. The monoisotopic (exact) mass is 392 g/mol. The van der Waals surface area contributed by atoms with Crippen LogP contribution in [-0.4, -0.2) is 42.7 Å². The molecular formula is C23H24N2O4. The predicted octanol–water partition coefficient (Wildman–Crippen LogP) is 3.26. The van der Waals surface area contributed by atoms with Crippen LogP contribution in [0.3, 0.4) is 0 Å². The van der Waals surface area contributed by atoms with Gasteiger partial charge in [-0.1, -0.05) is 24.3 Å². The lowest BCUT2D eigenvalue weighted by atomic mass is 9.80. The van der Waals surface area contributed by atoms with E-state index >= 15 is 0 Å². The van der Waals surface area contributed by atoms with Crippen molar-refractivity contribution in [2.75, 3.05) is 25.2 Å². The topological polar surface area (TPSA) is 71.4 Å². The first-order valence-electron chi connectivity index (χ1n) is 9.69. The molecule has 1 N–H and O–H groups in total. The molecule has 2 aliphatic rings. The Morgan fingerprint density at radius 2 is 2.03 bits per heavy atom. The lowest BCUT2D eigenvalue weighted by Gasteiger charge is -2.39. The van der Waals surface area contributed by atoms with Crippen LogP contribution in [-0.2, 0) is 9.53 Å². The Balaban J connectivity index is 1.69. The Morgan fingerprint density at radius 3 is 2.76 bits per heavy atom. The zero-order valence-electron chi connectivity index (χ0n) is 16.4. The molecular weight excluding hydrogens is 368 g/mol. The van der Waals surface area contributed by atoms with Crippen LogP contribution in [0.4, 0.5) is 5.69 Å². The standard InChI is InChI=1S/C23H24N2O4/c1-3-13-23-20(18-7-4-5-8-19(18)25(2)22(23)27)29-21(24-23)16-9-11-17(12-10-16)28-15-6-14-26/h3-5,7-12,20,26H,1,6,13-15H2,2H3/t20-,23-/m0/s1. The van der Waals surface area contributed by atoms with E-state index in [1.807, 2.05) is 48.5 Å². The Bertz CT molecular complexity index is 954. The molecule has 150 valence electrons. The van der Waals surface area contributed by atoms with Crippen molar-refractivity contribution in [2.45, 2.75) is 24.5 Å². The van der Waals surface area contributed by atoms with Crippen LogP contribution in [0.1, 0.15) is 30.1 Å². The maximum absolute atomic E-state index is 13.3. The summed E-state index contributed by atoms with van der Waals surface area (Å²) in [6.07, 6.45) is 2.20. The lowest BCUT2D eigenvalue weighted by molar-refractivity contribution is -0.126. The molecule has 2 aromatic rings. The summed E-state index contributed by atoms with van der Waals surface area (Å²) < 4.78 is 11.9. The van der Waals surface area contributed by atoms with Gasteiger partial charge in [-0.3, -0.25) is 4.79 Å². The number of aliphatic imine (C=N–C) groups is 1. The second-order valence-corrected chi connectivity index (χ2v) is 7.20. The molecule has 0 saturated heterocycles. The number of carbonyl (C=O) groups is 1. The van der Waals surface area contributed by atoms with Gasteiger partial charge < -0.3 is 19.5 Å². The lowest BCUT2D eigenvalue weighted by Crippen LogP contribution is -2.52. The molecule has 29 heavy (non-hydrogen) atoms. The van der Waals surface area contributed by atoms with Crippen molar-refractivity contribution in [1.82, 2.24) is 0 Å². The van der Waals surface area contributed by atoms with Crippen molar-refractivity contribution in [3.05, 3.63) is 72.3 Å². The molecule has 4 rings (SSSR count). The summed E-state index contributed by atoms with van der Waals surface area (Å²) in [7, 11) is 1.77. The van der Waals surface area contributed by atoms with Gasteiger partial charge in [-0.05, 0) is 30.3 Å². The van der Waals surface area contributed by atoms with Crippen molar-refractivity contribution >= 4 is 17.5 Å². The summed E-state index contributed by atoms with van der Waals surface area (Å²) in [4.78, 5) is 19.8. The molecule has 0 bridgehead atoms. The number of anilines is 1. The van der Waals surface area contributed by atoms with Gasteiger partial charge in [-0.25, -0.2) is 4.99 Å². The first kappa shape index (κ1) is 19.2. The molecule has 0 aliphatic carbocycles. The maximum atomic E-state index is 13.3. The molecule has 0 unspecified atom stereocenters. The first-order valence-corrected chi connectivity index (χ1v) is 9.69. The molecule has 0 saturated carbocycles. The van der Waals surface area contributed by atoms with E-state index in [1.165, 1.54) is 0 Å². The van der Waals surface area contributed by atoms with Crippen molar-refractivity contribution < 1.29 is 19.4 Å². The molecule has 2 aromatic carbocycles. The fraction of sp³-hybridized carbons (Fsp3) is 0.304. The average Bonchev–Trinajstić information content (AvgIpc) is 3.14. The number of aliphatic hydroxyl groups excluding tert-OH is 1. The van der Waals surface area contributed by atoms with Gasteiger partial charge in [0.15, 0.2) is 11.6 Å². The molecule has 2 aliphatic heterocycles. The second kappa shape index (κ2) is 7.72. The summed E-state index contributed by atoms with van der Waals surface area (Å²) in [6.45, 7) is 4.39. The first-order chi connectivity index (χ1) is 14.1. The van der Waals surface area contributed by atoms with Gasteiger partial charge in [-0.2, -0.15) is 0 Å². The van der Waals surface area contributed by atoms with Crippen LogP contribution in [0, 0.1) is 0 Å². The number of nitrogens with zero attached hydrogens (tertiary/aromatic N) is 2. The third-order valence-corrected chi connectivity index (χ3v) is 5.35. The summed E-state index contributed by atoms with van der Waals surface area (Å²) >= 11 is 0. The number of fused-ring (bicyclic) bond motifs is 3. The van der Waals surface area contributed by atoms with Crippen molar-refractivity contribution in [1.29, 1.82) is 0 Å². The van der Waals surface area contributed by atoms with Crippen LogP contribution < -0.4 is 9.64 Å². The van der Waals surface area contributed by atoms with Gasteiger partial charge in [0.05, 0.1) is 12.3 Å². The fourth-order valence-electron chi connectivity index (χ4n) is 3.91. The van der Waals surface area contributed by atoms with Gasteiger partial charge in [-0.15, -0.1) is 6.58 Å². The molecule has 6 heteroatoms. The number of rotatable bonds is 7. The SMILES string of the molecule is C=CC[C@]12N=C(c3ccc(OCCCO)cc3)O[C@H]1c1ccccc1N(C)C2=O. The summed E-state index contributed by atoms with van der Waals surface area (Å²) in [6, 6.07) is 15.2. The highest BCUT2D eigenvalue weighted by Crippen LogP contribution is 2.49. The van der Waals surface area contributed by atoms with Crippen molar-refractivity contribution in [3.63, 3.8) is 0 Å². The Kier molecular flexibility index (Phi) is 5.11. The minimum Gasteiger partial charge on any atom is -0.494 e. The van der Waals surface area contributed by atoms with E-state index in [9.17, 15) is 4.79 Å². The van der Waals surface area contributed by atoms with Crippen LogP contribution in [0.15, 0.2) is 66.2 Å². The Hall–Kier alpha value is -3.12. The predicted molar refractivity (Wildman–Crippen MR) is 111 cm³/mol. The summed E-state index contributed by atoms with van der Waals surface area (Å²) in [5.41, 5.74) is 1.52. The number of aliphatic hydroxyl groups is 1. The van der Waals surface area contributed by atoms with E-state index in [0.717, 1.165) is 16.8 Å². The zero-order valence-corrected chi connectivity index (χ0v) is 16.4. The molecule has 0 fully saturated rings. The van der Waals surface area contributed by atoms with Crippen LogP contribution >= 0.6 is 0 Å². The highest BCUT2D eigenvalue weighted by atomic mass is 16.5. The summed E-state index contributed by atoms with van der Waals surface area (Å²) in [5, 5.41) is 8.86. The quantitative estimate of drug-likeness (QED) is 0.580. The van der Waals surface area contributed by atoms with Gasteiger partial charge in [0.2, 0.25) is 5.90 Å². The molecule has 6 nitrogen and oxygen atoms in total. The number of amides is 1. The van der Waals surface area contributed by atoms with E-state index in [1.54, 1.807) is 18.0 Å². The van der Waals surface area contributed by atoms with Gasteiger partial charge in [0, 0.05) is 37.6 Å². The van der Waals surface area contributed by atoms with Crippen molar-refractivity contribution in [3.8, 4) is 5.75 Å². The van der Waals surface area contributed by atoms with Crippen molar-refractivity contribution in [2.24, 2.45) is 4.99 Å². The Labute approximate surface area is 170 Å². The third-order valence-electron chi connectivity index (χ3n) is 5.35. The highest BCUT2D eigenvalue weighted by molar-refractivity contribution is 6.08. The van der Waals surface area contributed by atoms with E-state index in [2.05, 4.69) is 6.58 Å². The van der Waals surface area contributed by atoms with E-state index < -0.39 is 11.6 Å².